The van der Waals surface area contributed by atoms with Crippen LogP contribution in [0.2, 0.25) is 0 Å². The van der Waals surface area contributed by atoms with E-state index >= 15 is 0 Å². The number of halogens is 3. The van der Waals surface area contributed by atoms with Crippen molar-refractivity contribution in [2.24, 2.45) is 7.05 Å². The molecule has 0 saturated heterocycles. The predicted molar refractivity (Wildman–Crippen MR) is 54.4 cm³/mol. The predicted octanol–water partition coefficient (Wildman–Crippen LogP) is 1.30. The highest BCUT2D eigenvalue weighted by molar-refractivity contribution is 6.08. The molecule has 0 aliphatic carbocycles. The maximum absolute atomic E-state index is 12.5. The van der Waals surface area contributed by atoms with E-state index in [1.165, 1.54) is 7.05 Å². The van der Waals surface area contributed by atoms with E-state index in [1.807, 2.05) is 7.85 Å². The van der Waals surface area contributed by atoms with Crippen LogP contribution in [0.4, 0.5) is 13.2 Å². The molecule has 1 aromatic heterocycles. The fourth-order valence-electron chi connectivity index (χ4n) is 1.58. The van der Waals surface area contributed by atoms with Crippen molar-refractivity contribution in [2.75, 3.05) is 0 Å². The van der Waals surface area contributed by atoms with Crippen LogP contribution >= 0.6 is 0 Å². The Bertz CT molecular complexity index is 368. The molecule has 0 N–H and O–H groups in total. The SMILES string of the molecule is BCc1c(CC=C)nc(C(F)(F)F)n1C. The molecule has 6 heteroatoms. The van der Waals surface area contributed by atoms with Crippen LogP contribution in [-0.4, -0.2) is 17.4 Å². The Hall–Kier alpha value is -1.20. The molecule has 82 valence electrons. The topological polar surface area (TPSA) is 17.8 Å². The summed E-state index contributed by atoms with van der Waals surface area (Å²) in [5.74, 6) is -0.837. The van der Waals surface area contributed by atoms with Crippen LogP contribution in [0.5, 0.6) is 0 Å². The molecular weight excluding hydrogens is 204 g/mol. The number of nitrogens with zero attached hydrogens (tertiary/aromatic N) is 2. The molecule has 1 rings (SSSR count). The van der Waals surface area contributed by atoms with Gasteiger partial charge in [-0.1, -0.05) is 6.08 Å². The maximum atomic E-state index is 12.5. The summed E-state index contributed by atoms with van der Waals surface area (Å²) in [6.45, 7) is 3.50. The van der Waals surface area contributed by atoms with Crippen molar-refractivity contribution in [3.05, 3.63) is 29.9 Å². The van der Waals surface area contributed by atoms with Gasteiger partial charge in [0.25, 0.3) is 0 Å². The van der Waals surface area contributed by atoms with Crippen LogP contribution in [0.25, 0.3) is 0 Å². The maximum Gasteiger partial charge on any atom is 0.449 e. The van der Waals surface area contributed by atoms with Crippen molar-refractivity contribution in [1.29, 1.82) is 0 Å². The second-order valence-electron chi connectivity index (χ2n) is 3.23. The molecule has 1 aromatic rings. The van der Waals surface area contributed by atoms with E-state index in [0.29, 0.717) is 24.1 Å². The van der Waals surface area contributed by atoms with Gasteiger partial charge in [0.1, 0.15) is 7.85 Å². The molecule has 0 saturated carbocycles. The first-order chi connectivity index (χ1) is 6.91. The second-order valence-corrected chi connectivity index (χ2v) is 3.23. The molecule has 0 unspecified atom stereocenters. The van der Waals surface area contributed by atoms with Crippen LogP contribution in [0, 0.1) is 0 Å². The Morgan fingerprint density at radius 2 is 2.13 bits per heavy atom. The summed E-state index contributed by atoms with van der Waals surface area (Å²) in [5, 5.41) is 0. The van der Waals surface area contributed by atoms with E-state index in [0.717, 1.165) is 4.57 Å². The first-order valence-corrected chi connectivity index (χ1v) is 4.64. The molecule has 0 aliphatic heterocycles. The van der Waals surface area contributed by atoms with Crippen molar-refractivity contribution < 1.29 is 13.2 Å². The third-order valence-electron chi connectivity index (χ3n) is 2.22. The van der Waals surface area contributed by atoms with Gasteiger partial charge in [0, 0.05) is 19.2 Å². The minimum absolute atomic E-state index is 0.368. The Labute approximate surface area is 87.2 Å². The molecular formula is C9H12BF3N2. The zero-order valence-corrected chi connectivity index (χ0v) is 8.73. The highest BCUT2D eigenvalue weighted by Crippen LogP contribution is 2.29. The minimum Gasteiger partial charge on any atom is -0.328 e. The quantitative estimate of drug-likeness (QED) is 0.550. The van der Waals surface area contributed by atoms with Gasteiger partial charge in [-0.25, -0.2) is 4.98 Å². The fraction of sp³-hybridized carbons (Fsp3) is 0.444. The standard InChI is InChI=1S/C9H12BF3N2/c1-3-4-6-7(5-10)15(2)8(14-6)9(11,12)13/h3H,1,4-5,10H2,2H3. The molecule has 2 nitrogen and oxygen atoms in total. The summed E-state index contributed by atoms with van der Waals surface area (Å²) < 4.78 is 38.6. The van der Waals surface area contributed by atoms with Gasteiger partial charge < -0.3 is 4.57 Å². The summed E-state index contributed by atoms with van der Waals surface area (Å²) in [6.07, 6.45) is -1.93. The Morgan fingerprint density at radius 1 is 1.53 bits per heavy atom. The largest absolute Gasteiger partial charge is 0.449 e. The zero-order chi connectivity index (χ0) is 11.6. The molecule has 15 heavy (non-hydrogen) atoms. The van der Waals surface area contributed by atoms with E-state index in [-0.39, 0.29) is 0 Å². The lowest BCUT2D eigenvalue weighted by molar-refractivity contribution is -0.146. The molecule has 0 aromatic carbocycles. The van der Waals surface area contributed by atoms with Gasteiger partial charge in [0.05, 0.1) is 5.69 Å². The van der Waals surface area contributed by atoms with Gasteiger partial charge in [-0.05, 0) is 6.32 Å². The van der Waals surface area contributed by atoms with Crippen molar-refractivity contribution in [2.45, 2.75) is 18.9 Å². The summed E-state index contributed by atoms with van der Waals surface area (Å²) in [5.41, 5.74) is 1.07. The number of alkyl halides is 3. The molecule has 0 spiro atoms. The van der Waals surface area contributed by atoms with Crippen LogP contribution in [0.15, 0.2) is 12.7 Å². The van der Waals surface area contributed by atoms with E-state index in [9.17, 15) is 13.2 Å². The van der Waals surface area contributed by atoms with E-state index in [1.54, 1.807) is 6.08 Å². The van der Waals surface area contributed by atoms with Crippen molar-refractivity contribution in [3.63, 3.8) is 0 Å². The molecule has 1 heterocycles. The average Bonchev–Trinajstić information content (AvgIpc) is 2.42. The summed E-state index contributed by atoms with van der Waals surface area (Å²) in [7, 11) is 3.20. The van der Waals surface area contributed by atoms with E-state index < -0.39 is 12.0 Å². The number of hydrogen-bond acceptors (Lipinski definition) is 1. The summed E-state index contributed by atoms with van der Waals surface area (Å²) >= 11 is 0. The number of imidazole rings is 1. The molecule has 0 radical (unpaired) electrons. The zero-order valence-electron chi connectivity index (χ0n) is 8.73. The normalized spacial score (nSPS) is 11.7. The second kappa shape index (κ2) is 4.12. The Kier molecular flexibility index (Phi) is 3.26. The van der Waals surface area contributed by atoms with Crippen LogP contribution in [-0.2, 0) is 26.0 Å². The lowest BCUT2D eigenvalue weighted by Crippen LogP contribution is -2.13. The first-order valence-electron chi connectivity index (χ1n) is 4.64. The Balaban J connectivity index is 3.26. The highest BCUT2D eigenvalue weighted by atomic mass is 19.4. The van der Waals surface area contributed by atoms with Crippen molar-refractivity contribution >= 4 is 7.85 Å². The number of rotatable bonds is 3. The lowest BCUT2D eigenvalue weighted by atomic mass is 9.99. The molecule has 0 amide bonds. The van der Waals surface area contributed by atoms with Crippen LogP contribution in [0.1, 0.15) is 17.2 Å². The van der Waals surface area contributed by atoms with Crippen LogP contribution in [0.3, 0.4) is 0 Å². The summed E-state index contributed by atoms with van der Waals surface area (Å²) in [6, 6.07) is 0. The van der Waals surface area contributed by atoms with Crippen molar-refractivity contribution in [1.82, 2.24) is 9.55 Å². The fourth-order valence-corrected chi connectivity index (χ4v) is 1.58. The third kappa shape index (κ3) is 2.24. The molecule has 0 atom stereocenters. The van der Waals surface area contributed by atoms with Gasteiger partial charge in [0.2, 0.25) is 5.82 Å². The van der Waals surface area contributed by atoms with Gasteiger partial charge in [-0.3, -0.25) is 0 Å². The average molecular weight is 216 g/mol. The van der Waals surface area contributed by atoms with Gasteiger partial charge in [0.15, 0.2) is 0 Å². The van der Waals surface area contributed by atoms with Gasteiger partial charge >= 0.3 is 6.18 Å². The van der Waals surface area contributed by atoms with E-state index in [4.69, 9.17) is 0 Å². The Morgan fingerprint density at radius 3 is 2.53 bits per heavy atom. The minimum atomic E-state index is -4.39. The van der Waals surface area contributed by atoms with Gasteiger partial charge in [-0.2, -0.15) is 13.2 Å². The molecule has 0 bridgehead atoms. The number of allylic oxidation sites excluding steroid dienone is 1. The highest BCUT2D eigenvalue weighted by Gasteiger charge is 2.37. The number of aromatic nitrogens is 2. The molecule has 0 fully saturated rings. The van der Waals surface area contributed by atoms with Crippen molar-refractivity contribution in [3.8, 4) is 0 Å². The first kappa shape index (κ1) is 11.9. The monoisotopic (exact) mass is 216 g/mol. The lowest BCUT2D eigenvalue weighted by Gasteiger charge is -2.07. The van der Waals surface area contributed by atoms with Gasteiger partial charge in [-0.15, -0.1) is 6.58 Å². The van der Waals surface area contributed by atoms with Crippen LogP contribution < -0.4 is 0 Å². The number of hydrogen-bond donors (Lipinski definition) is 0. The smallest absolute Gasteiger partial charge is 0.328 e. The third-order valence-corrected chi connectivity index (χ3v) is 2.22. The van der Waals surface area contributed by atoms with E-state index in [2.05, 4.69) is 11.6 Å². The molecule has 0 aliphatic rings. The summed E-state index contributed by atoms with van der Waals surface area (Å²) in [4.78, 5) is 3.61.